The quantitative estimate of drug-likeness (QED) is 0.726. The number of rotatable bonds is 7. The van der Waals surface area contributed by atoms with E-state index in [1.165, 1.54) is 0 Å². The first-order valence-corrected chi connectivity index (χ1v) is 5.37. The first-order valence-electron chi connectivity index (χ1n) is 5.37. The fourth-order valence-electron chi connectivity index (χ4n) is 1.30. The molecule has 1 aromatic carbocycles. The molecule has 0 atom stereocenters. The number of alkyl halides is 2. The SMILES string of the molecule is Cc1cccc(OCCCNCC(F)F)c1. The molecule has 4 heteroatoms. The second kappa shape index (κ2) is 7.17. The fraction of sp³-hybridized carbons (Fsp3) is 0.500. The van der Waals surface area contributed by atoms with Crippen molar-refractivity contribution in [1.29, 1.82) is 0 Å². The van der Waals surface area contributed by atoms with Crippen LogP contribution in [-0.4, -0.2) is 26.1 Å². The van der Waals surface area contributed by atoms with Crippen molar-refractivity contribution in [3.63, 3.8) is 0 Å². The van der Waals surface area contributed by atoms with Crippen LogP contribution in [0, 0.1) is 6.92 Å². The van der Waals surface area contributed by atoms with Crippen LogP contribution in [0.4, 0.5) is 8.78 Å². The van der Waals surface area contributed by atoms with Crippen molar-refractivity contribution in [2.24, 2.45) is 0 Å². The highest BCUT2D eigenvalue weighted by molar-refractivity contribution is 5.27. The molecule has 0 spiro atoms. The number of nitrogens with one attached hydrogen (secondary N) is 1. The van der Waals surface area contributed by atoms with Gasteiger partial charge in [-0.1, -0.05) is 12.1 Å². The van der Waals surface area contributed by atoms with Crippen LogP contribution >= 0.6 is 0 Å². The summed E-state index contributed by atoms with van der Waals surface area (Å²) in [6.07, 6.45) is -1.56. The van der Waals surface area contributed by atoms with Crippen molar-refractivity contribution in [1.82, 2.24) is 5.32 Å². The molecule has 0 fully saturated rings. The van der Waals surface area contributed by atoms with Crippen LogP contribution in [0.1, 0.15) is 12.0 Å². The highest BCUT2D eigenvalue weighted by atomic mass is 19.3. The Hall–Kier alpha value is -1.16. The third kappa shape index (κ3) is 5.66. The van der Waals surface area contributed by atoms with Crippen LogP contribution in [-0.2, 0) is 0 Å². The normalized spacial score (nSPS) is 10.8. The van der Waals surface area contributed by atoms with Crippen molar-refractivity contribution < 1.29 is 13.5 Å². The molecule has 0 unspecified atom stereocenters. The van der Waals surface area contributed by atoms with Crippen molar-refractivity contribution in [3.05, 3.63) is 29.8 Å². The lowest BCUT2D eigenvalue weighted by Gasteiger charge is -2.07. The maximum Gasteiger partial charge on any atom is 0.250 e. The van der Waals surface area contributed by atoms with Gasteiger partial charge in [-0.15, -0.1) is 0 Å². The average molecular weight is 229 g/mol. The van der Waals surface area contributed by atoms with Gasteiger partial charge in [-0.05, 0) is 37.6 Å². The summed E-state index contributed by atoms with van der Waals surface area (Å²) < 4.78 is 29.0. The topological polar surface area (TPSA) is 21.3 Å². The third-order valence-electron chi connectivity index (χ3n) is 2.05. The van der Waals surface area contributed by atoms with Gasteiger partial charge in [0.15, 0.2) is 0 Å². The van der Waals surface area contributed by atoms with Crippen molar-refractivity contribution in [3.8, 4) is 5.75 Å². The van der Waals surface area contributed by atoms with Crippen LogP contribution in [0.5, 0.6) is 5.75 Å². The van der Waals surface area contributed by atoms with Gasteiger partial charge in [-0.3, -0.25) is 0 Å². The Kier molecular flexibility index (Phi) is 5.78. The standard InChI is InChI=1S/C12H17F2NO/c1-10-4-2-5-11(8-10)16-7-3-6-15-9-12(13)14/h2,4-5,8,12,15H,3,6-7,9H2,1H3. The lowest BCUT2D eigenvalue weighted by molar-refractivity contribution is 0.145. The molecule has 0 heterocycles. The number of benzene rings is 1. The summed E-state index contributed by atoms with van der Waals surface area (Å²) in [7, 11) is 0. The Morgan fingerprint density at radius 2 is 2.19 bits per heavy atom. The lowest BCUT2D eigenvalue weighted by Crippen LogP contribution is -2.23. The van der Waals surface area contributed by atoms with E-state index in [9.17, 15) is 8.78 Å². The molecule has 0 bridgehead atoms. The Balaban J connectivity index is 2.07. The van der Waals surface area contributed by atoms with E-state index in [0.29, 0.717) is 13.2 Å². The third-order valence-corrected chi connectivity index (χ3v) is 2.05. The predicted octanol–water partition coefficient (Wildman–Crippen LogP) is 2.62. The Morgan fingerprint density at radius 3 is 2.88 bits per heavy atom. The predicted molar refractivity (Wildman–Crippen MR) is 60.2 cm³/mol. The molecule has 0 radical (unpaired) electrons. The molecule has 90 valence electrons. The van der Waals surface area contributed by atoms with E-state index in [1.807, 2.05) is 31.2 Å². The number of hydrogen-bond acceptors (Lipinski definition) is 2. The Morgan fingerprint density at radius 1 is 1.38 bits per heavy atom. The van der Waals surface area contributed by atoms with E-state index >= 15 is 0 Å². The molecule has 1 N–H and O–H groups in total. The van der Waals surface area contributed by atoms with Crippen LogP contribution in [0.3, 0.4) is 0 Å². The molecule has 0 aromatic heterocycles. The molecule has 0 aliphatic rings. The number of aryl methyl sites for hydroxylation is 1. The minimum absolute atomic E-state index is 0.246. The molecule has 0 amide bonds. The smallest absolute Gasteiger partial charge is 0.250 e. The van der Waals surface area contributed by atoms with Gasteiger partial charge in [-0.2, -0.15) is 0 Å². The number of ether oxygens (including phenoxy) is 1. The molecule has 0 saturated carbocycles. The largest absolute Gasteiger partial charge is 0.494 e. The summed E-state index contributed by atoms with van der Waals surface area (Å²) in [4.78, 5) is 0. The van der Waals surface area contributed by atoms with E-state index < -0.39 is 6.43 Å². The highest BCUT2D eigenvalue weighted by Crippen LogP contribution is 2.12. The highest BCUT2D eigenvalue weighted by Gasteiger charge is 1.99. The van der Waals surface area contributed by atoms with Gasteiger partial charge in [0.2, 0.25) is 0 Å². The molecule has 1 aromatic rings. The first kappa shape index (κ1) is 12.9. The van der Waals surface area contributed by atoms with Gasteiger partial charge in [0.05, 0.1) is 13.2 Å². The zero-order valence-corrected chi connectivity index (χ0v) is 9.38. The first-order chi connectivity index (χ1) is 7.68. The molecule has 0 aliphatic heterocycles. The summed E-state index contributed by atoms with van der Waals surface area (Å²) in [5.41, 5.74) is 1.15. The minimum Gasteiger partial charge on any atom is -0.494 e. The van der Waals surface area contributed by atoms with Crippen LogP contribution in [0.25, 0.3) is 0 Å². The number of hydrogen-bond donors (Lipinski definition) is 1. The molecule has 2 nitrogen and oxygen atoms in total. The van der Waals surface area contributed by atoms with E-state index in [2.05, 4.69) is 5.32 Å². The van der Waals surface area contributed by atoms with Crippen LogP contribution < -0.4 is 10.1 Å². The summed E-state index contributed by atoms with van der Waals surface area (Å²) in [6, 6.07) is 7.77. The van der Waals surface area contributed by atoms with E-state index in [4.69, 9.17) is 4.74 Å². The Labute approximate surface area is 94.6 Å². The van der Waals surface area contributed by atoms with Gasteiger partial charge in [0.25, 0.3) is 6.43 Å². The number of halogens is 2. The van der Waals surface area contributed by atoms with Crippen LogP contribution in [0.2, 0.25) is 0 Å². The second-order valence-corrected chi connectivity index (χ2v) is 3.61. The fourth-order valence-corrected chi connectivity index (χ4v) is 1.30. The van der Waals surface area contributed by atoms with Crippen molar-refractivity contribution in [2.75, 3.05) is 19.7 Å². The summed E-state index contributed by atoms with van der Waals surface area (Å²) >= 11 is 0. The van der Waals surface area contributed by atoms with E-state index in [0.717, 1.165) is 17.7 Å². The van der Waals surface area contributed by atoms with Crippen molar-refractivity contribution in [2.45, 2.75) is 19.8 Å². The maximum atomic E-state index is 11.8. The monoisotopic (exact) mass is 229 g/mol. The summed E-state index contributed by atoms with van der Waals surface area (Å²) in [6.45, 7) is 2.84. The lowest BCUT2D eigenvalue weighted by atomic mass is 10.2. The second-order valence-electron chi connectivity index (χ2n) is 3.61. The van der Waals surface area contributed by atoms with Gasteiger partial charge >= 0.3 is 0 Å². The molecule has 0 aliphatic carbocycles. The zero-order chi connectivity index (χ0) is 11.8. The summed E-state index contributed by atoms with van der Waals surface area (Å²) in [5.74, 6) is 0.828. The van der Waals surface area contributed by atoms with Crippen molar-refractivity contribution >= 4 is 0 Å². The summed E-state index contributed by atoms with van der Waals surface area (Å²) in [5, 5.41) is 2.65. The molecular weight excluding hydrogens is 212 g/mol. The molecule has 16 heavy (non-hydrogen) atoms. The van der Waals surface area contributed by atoms with E-state index in [1.54, 1.807) is 0 Å². The molecular formula is C12H17F2NO. The molecule has 0 saturated heterocycles. The van der Waals surface area contributed by atoms with E-state index in [-0.39, 0.29) is 6.54 Å². The maximum absolute atomic E-state index is 11.8. The van der Waals surface area contributed by atoms with Gasteiger partial charge in [0, 0.05) is 0 Å². The van der Waals surface area contributed by atoms with Gasteiger partial charge in [-0.25, -0.2) is 8.78 Å². The van der Waals surface area contributed by atoms with Gasteiger partial charge < -0.3 is 10.1 Å². The average Bonchev–Trinajstić information content (AvgIpc) is 2.23. The Bertz CT molecular complexity index is 305. The molecule has 1 rings (SSSR count). The van der Waals surface area contributed by atoms with Gasteiger partial charge in [0.1, 0.15) is 5.75 Å². The minimum atomic E-state index is -2.28. The van der Waals surface area contributed by atoms with Crippen LogP contribution in [0.15, 0.2) is 24.3 Å². The zero-order valence-electron chi connectivity index (χ0n) is 9.38.